The zero-order valence-corrected chi connectivity index (χ0v) is 27.2. The molecule has 10 nitrogen and oxygen atoms in total. The second-order valence-electron chi connectivity index (χ2n) is 10.7. The summed E-state index contributed by atoms with van der Waals surface area (Å²) in [5, 5.41) is 4.09. The molecule has 0 fully saturated rings. The minimum Gasteiger partial charge on any atom is -0.497 e. The van der Waals surface area contributed by atoms with Crippen LogP contribution in [-0.2, 0) is 9.16 Å². The fourth-order valence-electron chi connectivity index (χ4n) is 3.41. The number of thioether (sulfide) groups is 1. The second kappa shape index (κ2) is 14.1. The van der Waals surface area contributed by atoms with Gasteiger partial charge in [-0.25, -0.2) is 14.2 Å². The molecule has 13 heteroatoms. The largest absolute Gasteiger partial charge is 0.497 e. The lowest BCUT2D eigenvalue weighted by atomic mass is 10.1. The predicted octanol–water partition coefficient (Wildman–Crippen LogP) is 7.24. The monoisotopic (exact) mass is 616 g/mol. The van der Waals surface area contributed by atoms with Crippen LogP contribution in [-0.4, -0.2) is 69.0 Å². The van der Waals surface area contributed by atoms with Crippen molar-refractivity contribution in [2.24, 2.45) is 9.98 Å². The highest BCUT2D eigenvalue weighted by Gasteiger charge is 2.37. The van der Waals surface area contributed by atoms with Gasteiger partial charge < -0.3 is 23.2 Å². The molecule has 3 rings (SSSR count). The van der Waals surface area contributed by atoms with E-state index >= 15 is 4.39 Å². The van der Waals surface area contributed by atoms with Gasteiger partial charge in [0.05, 0.1) is 26.5 Å². The third-order valence-electron chi connectivity index (χ3n) is 6.77. The number of carbonyl (C=O) groups is 1. The molecule has 0 saturated heterocycles. The molecule has 1 aromatic heterocycles. The van der Waals surface area contributed by atoms with Crippen LogP contribution < -0.4 is 9.47 Å². The first-order chi connectivity index (χ1) is 19.8. The molecule has 0 atom stereocenters. The first-order valence-corrected chi connectivity index (χ1v) is 17.3. The summed E-state index contributed by atoms with van der Waals surface area (Å²) in [4.78, 5) is 25.0. The van der Waals surface area contributed by atoms with Crippen LogP contribution in [0.25, 0.3) is 11.4 Å². The Morgan fingerprint density at radius 2 is 1.81 bits per heavy atom. The molecule has 0 radical (unpaired) electrons. The maximum atomic E-state index is 16.1. The Labute approximate surface area is 250 Å². The van der Waals surface area contributed by atoms with Crippen molar-refractivity contribution in [3.63, 3.8) is 0 Å². The van der Waals surface area contributed by atoms with Crippen molar-refractivity contribution < 1.29 is 32.3 Å². The van der Waals surface area contributed by atoms with E-state index in [2.05, 4.69) is 54.0 Å². The summed E-state index contributed by atoms with van der Waals surface area (Å²) in [5.74, 6) is 0.472. The number of hydrogen-bond acceptors (Lipinski definition) is 10. The molecule has 0 aliphatic heterocycles. The fraction of sp³-hybridized carbons (Fsp3) is 0.414. The first-order valence-electron chi connectivity index (χ1n) is 13.1. The van der Waals surface area contributed by atoms with Crippen LogP contribution in [0, 0.1) is 12.7 Å². The molecule has 0 spiro atoms. The summed E-state index contributed by atoms with van der Waals surface area (Å²) in [6.45, 7) is 12.9. The van der Waals surface area contributed by atoms with Gasteiger partial charge in [-0.05, 0) is 54.7 Å². The Kier molecular flexibility index (Phi) is 11.0. The lowest BCUT2D eigenvalue weighted by Crippen LogP contribution is -2.41. The van der Waals surface area contributed by atoms with Crippen molar-refractivity contribution in [1.29, 1.82) is 0 Å². The number of ether oxygens (including phenoxy) is 3. The highest BCUT2D eigenvalue weighted by Crippen LogP contribution is 2.36. The molecule has 0 aliphatic carbocycles. The Morgan fingerprint density at radius 1 is 1.12 bits per heavy atom. The number of hydrogen-bond donors (Lipinski definition) is 0. The van der Waals surface area contributed by atoms with E-state index in [1.165, 1.54) is 26.4 Å². The molecule has 0 bridgehead atoms. The molecule has 0 unspecified atom stereocenters. The summed E-state index contributed by atoms with van der Waals surface area (Å²) in [6, 6.07) is 9.88. The van der Waals surface area contributed by atoms with Gasteiger partial charge in [0.2, 0.25) is 11.7 Å². The van der Waals surface area contributed by atoms with Crippen molar-refractivity contribution in [3.05, 3.63) is 53.7 Å². The lowest BCUT2D eigenvalue weighted by molar-refractivity contribution is 0.183. The molecule has 226 valence electrons. The van der Waals surface area contributed by atoms with E-state index in [4.69, 9.17) is 23.2 Å². The summed E-state index contributed by atoms with van der Waals surface area (Å²) in [7, 11) is 0.675. The fourth-order valence-corrected chi connectivity index (χ4v) is 4.95. The zero-order valence-electron chi connectivity index (χ0n) is 25.4. The number of methoxy groups -OCH3 is 2. The average Bonchev–Trinajstić information content (AvgIpc) is 3.39. The van der Waals surface area contributed by atoms with E-state index in [1.807, 2.05) is 0 Å². The van der Waals surface area contributed by atoms with E-state index in [-0.39, 0.29) is 33.7 Å². The normalized spacial score (nSPS) is 12.8. The first kappa shape index (κ1) is 33.0. The SMILES string of the molecule is COC(=O)/N=C(\SC)C(=Nc1ccc(-c2noc(C)n2)cc1)c1cc(OC)cc(OCCO[Si](C)(C)C(C)(C)C)c1F. The van der Waals surface area contributed by atoms with Crippen LogP contribution >= 0.6 is 11.8 Å². The third-order valence-corrected chi connectivity index (χ3v) is 12.0. The second-order valence-corrected chi connectivity index (χ2v) is 16.3. The summed E-state index contributed by atoms with van der Waals surface area (Å²) in [6.07, 6.45) is 0.851. The Balaban J connectivity index is 2.03. The van der Waals surface area contributed by atoms with Gasteiger partial charge in [-0.3, -0.25) is 0 Å². The van der Waals surface area contributed by atoms with Gasteiger partial charge in [0, 0.05) is 24.1 Å². The van der Waals surface area contributed by atoms with Crippen LogP contribution in [0.5, 0.6) is 11.5 Å². The van der Waals surface area contributed by atoms with Gasteiger partial charge in [0.25, 0.3) is 0 Å². The Morgan fingerprint density at radius 3 is 2.36 bits per heavy atom. The number of carbonyl (C=O) groups excluding carboxylic acids is 1. The molecule has 3 aromatic rings. The molecule has 42 heavy (non-hydrogen) atoms. The smallest absolute Gasteiger partial charge is 0.434 e. The number of aromatic nitrogens is 2. The maximum Gasteiger partial charge on any atom is 0.434 e. The average molecular weight is 617 g/mol. The van der Waals surface area contributed by atoms with Crippen LogP contribution in [0.4, 0.5) is 14.9 Å². The van der Waals surface area contributed by atoms with Crippen LogP contribution in [0.1, 0.15) is 32.2 Å². The minimum absolute atomic E-state index is 0.0304. The van der Waals surface area contributed by atoms with E-state index in [0.29, 0.717) is 35.3 Å². The van der Waals surface area contributed by atoms with Gasteiger partial charge in [-0.1, -0.05) is 25.9 Å². The quantitative estimate of drug-likeness (QED) is 0.100. The van der Waals surface area contributed by atoms with Crippen molar-refractivity contribution >= 4 is 42.6 Å². The van der Waals surface area contributed by atoms with Gasteiger partial charge >= 0.3 is 6.09 Å². The number of nitrogens with zero attached hydrogens (tertiary/aromatic N) is 4. The predicted molar refractivity (Wildman–Crippen MR) is 166 cm³/mol. The van der Waals surface area contributed by atoms with Crippen molar-refractivity contribution in [2.75, 3.05) is 33.7 Å². The topological polar surface area (TPSA) is 118 Å². The molecule has 2 aromatic carbocycles. The number of rotatable bonds is 10. The van der Waals surface area contributed by atoms with E-state index < -0.39 is 20.2 Å². The molecular formula is C29H37FN4O6SSi. The van der Waals surface area contributed by atoms with Gasteiger partial charge in [-0.15, -0.1) is 11.8 Å². The number of amides is 1. The molecule has 1 heterocycles. The summed E-state index contributed by atoms with van der Waals surface area (Å²) >= 11 is 1.12. The van der Waals surface area contributed by atoms with Crippen LogP contribution in [0.15, 0.2) is 50.9 Å². The maximum absolute atomic E-state index is 16.1. The third kappa shape index (κ3) is 8.26. The summed E-state index contributed by atoms with van der Waals surface area (Å²) < 4.78 is 43.3. The Hall–Kier alpha value is -3.55. The minimum atomic E-state index is -2.00. The molecule has 0 N–H and O–H groups in total. The van der Waals surface area contributed by atoms with Crippen LogP contribution in [0.2, 0.25) is 18.1 Å². The van der Waals surface area contributed by atoms with Crippen molar-refractivity contribution in [2.45, 2.75) is 45.8 Å². The van der Waals surface area contributed by atoms with Gasteiger partial charge in [0.1, 0.15) is 23.1 Å². The highest BCUT2D eigenvalue weighted by molar-refractivity contribution is 8.15. The van der Waals surface area contributed by atoms with Crippen molar-refractivity contribution in [1.82, 2.24) is 10.1 Å². The number of benzene rings is 2. The van der Waals surface area contributed by atoms with Crippen LogP contribution in [0.3, 0.4) is 0 Å². The van der Waals surface area contributed by atoms with Gasteiger partial charge in [-0.2, -0.15) is 9.98 Å². The zero-order chi connectivity index (χ0) is 31.1. The standard InChI is InChI=1S/C29H37FN4O6SSi/c1-18-31-26(34-40-18)19-10-12-20(13-11-19)32-25(27(41-7)33-28(35)37-6)22-16-21(36-5)17-23(24(22)30)38-14-15-39-42(8,9)29(2,3)4/h10-13,16-17H,14-15H2,1-9H3/b32-25?,33-27-. The number of aliphatic imine (C=N–C) groups is 2. The van der Waals surface area contributed by atoms with E-state index in [0.717, 1.165) is 11.8 Å². The molecule has 1 amide bonds. The van der Waals surface area contributed by atoms with E-state index in [1.54, 1.807) is 37.4 Å². The molecule has 0 aliphatic rings. The molecule has 0 saturated carbocycles. The summed E-state index contributed by atoms with van der Waals surface area (Å²) in [5.41, 5.74) is 1.30. The lowest BCUT2D eigenvalue weighted by Gasteiger charge is -2.36. The number of aryl methyl sites for hydroxylation is 1. The van der Waals surface area contributed by atoms with Gasteiger partial charge in [0.15, 0.2) is 19.9 Å². The van der Waals surface area contributed by atoms with Crippen molar-refractivity contribution in [3.8, 4) is 22.9 Å². The Bertz CT molecular complexity index is 1450. The van der Waals surface area contributed by atoms with E-state index in [9.17, 15) is 4.79 Å². The highest BCUT2D eigenvalue weighted by atomic mass is 32.2. The number of halogens is 1. The molecular weight excluding hydrogens is 579 g/mol.